The van der Waals surface area contributed by atoms with E-state index in [9.17, 15) is 0 Å². The molecule has 0 fully saturated rings. The first-order valence-electron chi connectivity index (χ1n) is 22.2. The van der Waals surface area contributed by atoms with Gasteiger partial charge >= 0.3 is 0 Å². The molecule has 0 bridgehead atoms. The van der Waals surface area contributed by atoms with Gasteiger partial charge in [-0.05, 0) is 146 Å². The SMILES string of the molecule is Cc1cc2c3c(c1)N(c1ccc(C(C)(C)C)cc1)c1c(oc4c1oc1cc5c(cc14)C(C)(C)CCC5(C)C)B3c1cc(C(C)(C)C)ccc1N2c1ccc(C(C)(C)C)cc1. The molecule has 0 saturated carbocycles. The van der Waals surface area contributed by atoms with Gasteiger partial charge in [0.15, 0.2) is 11.2 Å². The molecule has 2 aromatic heterocycles. The lowest BCUT2D eigenvalue weighted by molar-refractivity contribution is 0.332. The van der Waals surface area contributed by atoms with Crippen LogP contribution < -0.4 is 26.4 Å². The highest BCUT2D eigenvalue weighted by atomic mass is 16.4. The number of hydrogen-bond acceptors (Lipinski definition) is 4. The third-order valence-electron chi connectivity index (χ3n) is 14.2. The Bertz CT molecular complexity index is 2880. The molecule has 60 heavy (non-hydrogen) atoms. The fraction of sp³-hybridized carbons (Fsp3) is 0.382. The molecular weight excluding hydrogens is 731 g/mol. The maximum atomic E-state index is 7.49. The summed E-state index contributed by atoms with van der Waals surface area (Å²) in [7, 11) is 0. The largest absolute Gasteiger partial charge is 0.464 e. The Kier molecular flexibility index (Phi) is 8.10. The van der Waals surface area contributed by atoms with Gasteiger partial charge < -0.3 is 18.6 Å². The highest BCUT2D eigenvalue weighted by Gasteiger charge is 2.48. The van der Waals surface area contributed by atoms with Crippen molar-refractivity contribution in [2.75, 3.05) is 9.80 Å². The van der Waals surface area contributed by atoms with Crippen LogP contribution >= 0.6 is 0 Å². The Morgan fingerprint density at radius 2 is 1.03 bits per heavy atom. The summed E-state index contributed by atoms with van der Waals surface area (Å²) in [5.74, 6) is 0. The molecule has 0 saturated heterocycles. The topological polar surface area (TPSA) is 32.8 Å². The van der Waals surface area contributed by atoms with Crippen molar-refractivity contribution in [3.8, 4) is 0 Å². The van der Waals surface area contributed by atoms with Crippen LogP contribution in [0, 0.1) is 6.92 Å². The fourth-order valence-electron chi connectivity index (χ4n) is 10.4. The van der Waals surface area contributed by atoms with Gasteiger partial charge in [0.1, 0.15) is 16.9 Å². The van der Waals surface area contributed by atoms with Crippen molar-refractivity contribution in [1.82, 2.24) is 0 Å². The van der Waals surface area contributed by atoms with E-state index in [-0.39, 0.29) is 33.8 Å². The number of anilines is 6. The van der Waals surface area contributed by atoms with E-state index < -0.39 is 0 Å². The van der Waals surface area contributed by atoms with Crippen LogP contribution in [0.4, 0.5) is 34.1 Å². The van der Waals surface area contributed by atoms with Crippen molar-refractivity contribution in [1.29, 1.82) is 0 Å². The molecule has 0 N–H and O–H groups in total. The second kappa shape index (κ2) is 12.5. The Balaban J connectivity index is 1.30. The number of aryl methyl sites for hydroxylation is 1. The molecular formula is C55H61BN2O2. The monoisotopic (exact) mass is 792 g/mol. The standard InChI is InChI=1S/C55H61BN2O2/c1-32-27-43-46-44(28-32)58(37-22-17-34(18-23-37)52(5,6)7)47-49-48(38-30-39-40(31-45(38)59-49)55(13,14)26-25-54(39,11)12)60-50(47)56(46)41-29-35(53(8,9)10)19-24-42(41)57(43)36-20-15-33(16-21-36)51(2,3)4/h15-24,27-31H,25-26H2,1-14H3. The summed E-state index contributed by atoms with van der Waals surface area (Å²) in [4.78, 5) is 4.95. The molecule has 5 heteroatoms. The van der Waals surface area contributed by atoms with Crippen LogP contribution in [0.15, 0.2) is 99.8 Å². The van der Waals surface area contributed by atoms with Crippen molar-refractivity contribution < 1.29 is 8.83 Å². The zero-order valence-electron chi connectivity index (χ0n) is 38.4. The molecule has 0 unspecified atom stereocenters. The molecule has 4 heterocycles. The normalized spacial score (nSPS) is 16.9. The van der Waals surface area contributed by atoms with Crippen LogP contribution in [0.2, 0.25) is 0 Å². The van der Waals surface area contributed by atoms with Crippen molar-refractivity contribution in [3.05, 3.63) is 124 Å². The van der Waals surface area contributed by atoms with Crippen molar-refractivity contribution in [2.45, 2.75) is 137 Å². The lowest BCUT2D eigenvalue weighted by Crippen LogP contribution is -2.61. The van der Waals surface area contributed by atoms with Gasteiger partial charge in [-0.25, -0.2) is 0 Å². The van der Waals surface area contributed by atoms with Gasteiger partial charge in [-0.2, -0.15) is 0 Å². The number of benzene rings is 5. The Hall–Kier alpha value is -5.16. The molecule has 0 radical (unpaired) electrons. The van der Waals surface area contributed by atoms with Crippen LogP contribution in [0.1, 0.15) is 136 Å². The minimum Gasteiger partial charge on any atom is -0.464 e. The highest BCUT2D eigenvalue weighted by molar-refractivity contribution is 7.00. The first-order chi connectivity index (χ1) is 28.0. The van der Waals surface area contributed by atoms with E-state index in [0.717, 1.165) is 57.7 Å². The molecule has 5 aromatic carbocycles. The van der Waals surface area contributed by atoms with E-state index in [0.29, 0.717) is 0 Å². The number of rotatable bonds is 2. The van der Waals surface area contributed by atoms with E-state index in [1.165, 1.54) is 61.4 Å². The number of furan rings is 2. The van der Waals surface area contributed by atoms with E-state index in [1.54, 1.807) is 0 Å². The number of nitrogens with zero attached hydrogens (tertiary/aromatic N) is 2. The first kappa shape index (κ1) is 39.0. The molecule has 3 aliphatic rings. The maximum absolute atomic E-state index is 7.49. The molecule has 0 spiro atoms. The van der Waals surface area contributed by atoms with Crippen LogP contribution in [-0.2, 0) is 27.1 Å². The molecule has 0 atom stereocenters. The number of hydrogen-bond donors (Lipinski definition) is 0. The summed E-state index contributed by atoms with van der Waals surface area (Å²) in [5, 5.41) is 1.06. The van der Waals surface area contributed by atoms with E-state index in [2.05, 4.69) is 198 Å². The maximum Gasteiger partial charge on any atom is 0.297 e. The Morgan fingerprint density at radius 1 is 0.533 bits per heavy atom. The van der Waals surface area contributed by atoms with Crippen molar-refractivity contribution >= 4 is 79.6 Å². The van der Waals surface area contributed by atoms with Gasteiger partial charge in [0.05, 0.1) is 5.39 Å². The summed E-state index contributed by atoms with van der Waals surface area (Å²) >= 11 is 0. The quantitative estimate of drug-likeness (QED) is 0.163. The molecule has 10 rings (SSSR count). The van der Waals surface area contributed by atoms with E-state index >= 15 is 0 Å². The van der Waals surface area contributed by atoms with Crippen LogP contribution in [0.5, 0.6) is 0 Å². The lowest BCUT2D eigenvalue weighted by Gasteiger charge is -2.43. The molecule has 7 aromatic rings. The van der Waals surface area contributed by atoms with Gasteiger partial charge in [0.2, 0.25) is 0 Å². The minimum absolute atomic E-state index is 0.0268. The van der Waals surface area contributed by atoms with Gasteiger partial charge in [0, 0.05) is 28.4 Å². The Morgan fingerprint density at radius 3 is 1.58 bits per heavy atom. The average molecular weight is 793 g/mol. The molecule has 306 valence electrons. The second-order valence-corrected chi connectivity index (χ2v) is 22.7. The molecule has 0 amide bonds. The number of fused-ring (bicyclic) bond motifs is 9. The van der Waals surface area contributed by atoms with Gasteiger partial charge in [-0.15, -0.1) is 0 Å². The zero-order valence-corrected chi connectivity index (χ0v) is 38.4. The van der Waals surface area contributed by atoms with Crippen molar-refractivity contribution in [3.63, 3.8) is 0 Å². The summed E-state index contributed by atoms with van der Waals surface area (Å²) < 4.78 is 14.7. The van der Waals surface area contributed by atoms with Gasteiger partial charge in [-0.3, -0.25) is 0 Å². The molecule has 1 aliphatic carbocycles. The van der Waals surface area contributed by atoms with Crippen LogP contribution in [-0.4, -0.2) is 6.71 Å². The zero-order chi connectivity index (χ0) is 42.6. The molecule has 4 nitrogen and oxygen atoms in total. The lowest BCUT2D eigenvalue weighted by atomic mass is 9.35. The highest BCUT2D eigenvalue weighted by Crippen LogP contribution is 2.52. The second-order valence-electron chi connectivity index (χ2n) is 22.7. The third kappa shape index (κ3) is 5.77. The summed E-state index contributed by atoms with van der Waals surface area (Å²) in [6.07, 6.45) is 2.30. The van der Waals surface area contributed by atoms with Crippen LogP contribution in [0.25, 0.3) is 22.1 Å². The van der Waals surface area contributed by atoms with Crippen molar-refractivity contribution in [2.24, 2.45) is 0 Å². The predicted octanol–water partition coefficient (Wildman–Crippen LogP) is 13.8. The Labute approximate surface area is 358 Å². The first-order valence-corrected chi connectivity index (χ1v) is 22.2. The summed E-state index contributed by atoms with van der Waals surface area (Å²) in [6, 6.07) is 35.1. The third-order valence-corrected chi connectivity index (χ3v) is 14.2. The fourth-order valence-corrected chi connectivity index (χ4v) is 10.4. The average Bonchev–Trinajstić information content (AvgIpc) is 3.71. The van der Waals surface area contributed by atoms with E-state index in [4.69, 9.17) is 8.83 Å². The summed E-state index contributed by atoms with van der Waals surface area (Å²) in [6.45, 7) is 32.3. The van der Waals surface area contributed by atoms with Gasteiger partial charge in [0.25, 0.3) is 6.71 Å². The summed E-state index contributed by atoms with van der Waals surface area (Å²) in [5.41, 5.74) is 20.9. The predicted molar refractivity (Wildman–Crippen MR) is 256 cm³/mol. The van der Waals surface area contributed by atoms with Crippen LogP contribution in [0.3, 0.4) is 0 Å². The smallest absolute Gasteiger partial charge is 0.297 e. The van der Waals surface area contributed by atoms with E-state index in [1.807, 2.05) is 0 Å². The van der Waals surface area contributed by atoms with Gasteiger partial charge in [-0.1, -0.05) is 126 Å². The minimum atomic E-state index is -0.149. The molecule has 2 aliphatic heterocycles.